The van der Waals surface area contributed by atoms with Gasteiger partial charge in [-0.25, -0.2) is 0 Å². The first-order valence-electron chi connectivity index (χ1n) is 6.44. The lowest BCUT2D eigenvalue weighted by Crippen LogP contribution is -2.13. The van der Waals surface area contributed by atoms with Crippen LogP contribution in [-0.2, 0) is 6.54 Å². The van der Waals surface area contributed by atoms with E-state index >= 15 is 0 Å². The molecule has 1 aromatic carbocycles. The first-order chi connectivity index (χ1) is 8.56. The highest BCUT2D eigenvalue weighted by Crippen LogP contribution is 2.34. The van der Waals surface area contributed by atoms with Gasteiger partial charge < -0.3 is 9.73 Å². The van der Waals surface area contributed by atoms with Crippen LogP contribution in [0.15, 0.2) is 10.5 Å². The van der Waals surface area contributed by atoms with Gasteiger partial charge in [0.2, 0.25) is 0 Å². The molecule has 0 aliphatic carbocycles. The van der Waals surface area contributed by atoms with Crippen molar-refractivity contribution in [3.8, 4) is 0 Å². The van der Waals surface area contributed by atoms with Crippen molar-refractivity contribution in [3.05, 3.63) is 33.5 Å². The Labute approximate surface area is 113 Å². The van der Waals surface area contributed by atoms with E-state index < -0.39 is 0 Å². The van der Waals surface area contributed by atoms with Gasteiger partial charge in [0.15, 0.2) is 0 Å². The summed E-state index contributed by atoms with van der Waals surface area (Å²) < 4.78 is 5.94. The van der Waals surface area contributed by atoms with Crippen LogP contribution in [0.5, 0.6) is 0 Å². The number of hydrogen-bond donors (Lipinski definition) is 1. The summed E-state index contributed by atoms with van der Waals surface area (Å²) in [5.41, 5.74) is 4.34. The van der Waals surface area contributed by atoms with Crippen LogP contribution >= 0.6 is 11.6 Å². The van der Waals surface area contributed by atoms with Crippen LogP contribution in [0.1, 0.15) is 35.8 Å². The molecule has 0 atom stereocenters. The van der Waals surface area contributed by atoms with E-state index in [2.05, 4.69) is 26.1 Å². The molecule has 1 heterocycles. The van der Waals surface area contributed by atoms with Gasteiger partial charge in [-0.2, -0.15) is 0 Å². The number of aryl methyl sites for hydroxylation is 3. The third-order valence-electron chi connectivity index (χ3n) is 3.38. The van der Waals surface area contributed by atoms with Crippen LogP contribution in [0.4, 0.5) is 0 Å². The maximum atomic E-state index is 6.31. The van der Waals surface area contributed by atoms with Crippen LogP contribution in [0.25, 0.3) is 11.0 Å². The Morgan fingerprint density at radius 1 is 1.22 bits per heavy atom. The highest BCUT2D eigenvalue weighted by molar-refractivity contribution is 6.33. The van der Waals surface area contributed by atoms with E-state index in [1.807, 2.05) is 13.0 Å². The normalized spacial score (nSPS) is 11.4. The summed E-state index contributed by atoms with van der Waals surface area (Å²) in [6.07, 6.45) is 1.13. The van der Waals surface area contributed by atoms with E-state index in [1.54, 1.807) is 0 Å². The van der Waals surface area contributed by atoms with Gasteiger partial charge in [0.25, 0.3) is 0 Å². The standard InChI is InChI=1S/C15H20ClNO/c1-5-6-17-8-13-10(3)14-11(4)15(16)9(2)7-12(14)18-13/h7,17H,5-6,8H2,1-4H3. The van der Waals surface area contributed by atoms with E-state index in [1.165, 1.54) is 10.9 Å². The number of hydrogen-bond acceptors (Lipinski definition) is 2. The molecule has 0 bridgehead atoms. The Bertz CT molecular complexity index is 572. The summed E-state index contributed by atoms with van der Waals surface area (Å²) in [5.74, 6) is 1.02. The number of benzene rings is 1. The molecule has 98 valence electrons. The minimum absolute atomic E-state index is 0.782. The molecule has 3 heteroatoms. The summed E-state index contributed by atoms with van der Waals surface area (Å²) in [6.45, 7) is 10.1. The molecule has 0 saturated carbocycles. The highest BCUT2D eigenvalue weighted by Gasteiger charge is 2.15. The van der Waals surface area contributed by atoms with Gasteiger partial charge in [0.05, 0.1) is 6.54 Å². The lowest BCUT2D eigenvalue weighted by molar-refractivity contribution is 0.510. The minimum Gasteiger partial charge on any atom is -0.459 e. The molecule has 0 spiro atoms. The summed E-state index contributed by atoms with van der Waals surface area (Å²) in [7, 11) is 0. The average molecular weight is 266 g/mol. The molecular formula is C15H20ClNO. The Balaban J connectivity index is 2.46. The molecule has 2 aromatic rings. The van der Waals surface area contributed by atoms with Crippen molar-refractivity contribution in [3.63, 3.8) is 0 Å². The summed E-state index contributed by atoms with van der Waals surface area (Å²) in [6, 6.07) is 2.03. The zero-order valence-electron chi connectivity index (χ0n) is 11.5. The highest BCUT2D eigenvalue weighted by atomic mass is 35.5. The first-order valence-corrected chi connectivity index (χ1v) is 6.82. The Morgan fingerprint density at radius 3 is 2.61 bits per heavy atom. The van der Waals surface area contributed by atoms with Crippen molar-refractivity contribution in [2.45, 2.75) is 40.7 Å². The third kappa shape index (κ3) is 2.27. The Hall–Kier alpha value is -0.990. The molecule has 2 rings (SSSR count). The number of rotatable bonds is 4. The van der Waals surface area contributed by atoms with Crippen molar-refractivity contribution >= 4 is 22.6 Å². The zero-order chi connectivity index (χ0) is 13.3. The number of halogens is 1. The van der Waals surface area contributed by atoms with Crippen LogP contribution in [0.2, 0.25) is 5.02 Å². The summed E-state index contributed by atoms with van der Waals surface area (Å²) in [4.78, 5) is 0. The number of fused-ring (bicyclic) bond motifs is 1. The second-order valence-electron chi connectivity index (χ2n) is 4.83. The van der Waals surface area contributed by atoms with Gasteiger partial charge in [-0.05, 0) is 56.5 Å². The fraction of sp³-hybridized carbons (Fsp3) is 0.467. The second kappa shape index (κ2) is 5.33. The quantitative estimate of drug-likeness (QED) is 0.823. The molecule has 2 nitrogen and oxygen atoms in total. The van der Waals surface area contributed by atoms with Gasteiger partial charge in [0, 0.05) is 10.4 Å². The molecule has 0 fully saturated rings. The van der Waals surface area contributed by atoms with Crippen LogP contribution < -0.4 is 5.32 Å². The van der Waals surface area contributed by atoms with Gasteiger partial charge in [-0.3, -0.25) is 0 Å². The van der Waals surface area contributed by atoms with Crippen molar-refractivity contribution in [1.29, 1.82) is 0 Å². The lowest BCUT2D eigenvalue weighted by atomic mass is 10.0. The van der Waals surface area contributed by atoms with Crippen LogP contribution in [-0.4, -0.2) is 6.54 Å². The number of nitrogens with one attached hydrogen (secondary N) is 1. The molecule has 0 saturated heterocycles. The predicted octanol–water partition coefficient (Wildman–Crippen LogP) is 4.51. The molecule has 0 amide bonds. The topological polar surface area (TPSA) is 25.2 Å². The minimum atomic E-state index is 0.782. The third-order valence-corrected chi connectivity index (χ3v) is 3.96. The molecule has 0 unspecified atom stereocenters. The fourth-order valence-corrected chi connectivity index (χ4v) is 2.51. The molecule has 1 N–H and O–H groups in total. The van der Waals surface area contributed by atoms with Crippen molar-refractivity contribution in [2.75, 3.05) is 6.54 Å². The van der Waals surface area contributed by atoms with E-state index in [9.17, 15) is 0 Å². The van der Waals surface area contributed by atoms with Crippen LogP contribution in [0, 0.1) is 20.8 Å². The maximum Gasteiger partial charge on any atom is 0.135 e. The zero-order valence-corrected chi connectivity index (χ0v) is 12.2. The smallest absolute Gasteiger partial charge is 0.135 e. The lowest BCUT2D eigenvalue weighted by Gasteiger charge is -2.03. The monoisotopic (exact) mass is 265 g/mol. The van der Waals surface area contributed by atoms with E-state index in [0.29, 0.717) is 0 Å². The fourth-order valence-electron chi connectivity index (χ4n) is 2.37. The molecular weight excluding hydrogens is 246 g/mol. The Morgan fingerprint density at radius 2 is 1.94 bits per heavy atom. The summed E-state index contributed by atoms with van der Waals surface area (Å²) >= 11 is 6.31. The van der Waals surface area contributed by atoms with E-state index in [0.717, 1.165) is 47.0 Å². The molecule has 0 aliphatic rings. The van der Waals surface area contributed by atoms with E-state index in [4.69, 9.17) is 16.0 Å². The summed E-state index contributed by atoms with van der Waals surface area (Å²) in [5, 5.41) is 5.39. The Kier molecular flexibility index (Phi) is 3.98. The van der Waals surface area contributed by atoms with E-state index in [-0.39, 0.29) is 0 Å². The molecule has 0 aliphatic heterocycles. The molecule has 18 heavy (non-hydrogen) atoms. The first kappa shape index (κ1) is 13.4. The second-order valence-corrected chi connectivity index (χ2v) is 5.21. The van der Waals surface area contributed by atoms with Gasteiger partial charge >= 0.3 is 0 Å². The molecule has 0 radical (unpaired) electrons. The average Bonchev–Trinajstić information content (AvgIpc) is 2.64. The van der Waals surface area contributed by atoms with Crippen molar-refractivity contribution < 1.29 is 4.42 Å². The predicted molar refractivity (Wildman–Crippen MR) is 77.4 cm³/mol. The maximum absolute atomic E-state index is 6.31. The van der Waals surface area contributed by atoms with Gasteiger partial charge in [0.1, 0.15) is 11.3 Å². The SMILES string of the molecule is CCCNCc1oc2cc(C)c(Cl)c(C)c2c1C. The largest absolute Gasteiger partial charge is 0.459 e. The molecule has 1 aromatic heterocycles. The van der Waals surface area contributed by atoms with Crippen molar-refractivity contribution in [2.24, 2.45) is 0 Å². The van der Waals surface area contributed by atoms with Gasteiger partial charge in [-0.15, -0.1) is 0 Å². The van der Waals surface area contributed by atoms with Gasteiger partial charge in [-0.1, -0.05) is 18.5 Å². The number of furan rings is 1. The van der Waals surface area contributed by atoms with Crippen LogP contribution in [0.3, 0.4) is 0 Å². The van der Waals surface area contributed by atoms with Crippen molar-refractivity contribution in [1.82, 2.24) is 5.32 Å².